The van der Waals surface area contributed by atoms with E-state index in [1.807, 2.05) is 0 Å². The number of nitrogens with zero attached hydrogens (tertiary/aromatic N) is 2. The molecular weight excluding hydrogens is 278 g/mol. The van der Waals surface area contributed by atoms with E-state index in [0.29, 0.717) is 11.1 Å². The molecule has 1 heterocycles. The molecule has 110 valence electrons. The first-order valence-electron chi connectivity index (χ1n) is 6.73. The minimum absolute atomic E-state index is 0.128. The lowest BCUT2D eigenvalue weighted by Crippen LogP contribution is -2.48. The van der Waals surface area contributed by atoms with E-state index in [-0.39, 0.29) is 17.7 Å². The van der Waals surface area contributed by atoms with Gasteiger partial charge >= 0.3 is 6.03 Å². The second-order valence-electron chi connectivity index (χ2n) is 4.97. The van der Waals surface area contributed by atoms with E-state index in [1.54, 1.807) is 0 Å². The van der Waals surface area contributed by atoms with E-state index in [1.165, 1.54) is 24.5 Å². The zero-order chi connectivity index (χ0) is 14.4. The van der Waals surface area contributed by atoms with Crippen LogP contribution in [0.3, 0.4) is 0 Å². The molecule has 3 amide bonds. The van der Waals surface area contributed by atoms with Crippen LogP contribution in [0.2, 0.25) is 0 Å². The maximum atomic E-state index is 11.7. The summed E-state index contributed by atoms with van der Waals surface area (Å²) >= 11 is 1.20. The molecule has 0 saturated heterocycles. The number of carbonyl (C=O) groups excluding carboxylic acids is 2. The Balaban J connectivity index is 1.69. The van der Waals surface area contributed by atoms with Crippen LogP contribution in [0.25, 0.3) is 0 Å². The summed E-state index contributed by atoms with van der Waals surface area (Å²) < 4.78 is 0. The van der Waals surface area contributed by atoms with Gasteiger partial charge in [-0.1, -0.05) is 31.5 Å². The van der Waals surface area contributed by atoms with Crippen LogP contribution in [0, 0.1) is 5.92 Å². The van der Waals surface area contributed by atoms with Crippen molar-refractivity contribution >= 4 is 23.7 Å². The molecule has 3 N–H and O–H groups in total. The lowest BCUT2D eigenvalue weighted by Gasteiger charge is -2.29. The molecule has 0 spiro atoms. The first-order valence-corrected chi connectivity index (χ1v) is 7.72. The molecule has 1 aliphatic rings. The average molecular weight is 297 g/mol. The highest BCUT2D eigenvalue weighted by Crippen LogP contribution is 2.23. The predicted octanol–water partition coefficient (Wildman–Crippen LogP) is 1.30. The van der Waals surface area contributed by atoms with Crippen molar-refractivity contribution < 1.29 is 9.59 Å². The highest BCUT2D eigenvalue weighted by atomic mass is 32.2. The summed E-state index contributed by atoms with van der Waals surface area (Å²) in [4.78, 5) is 27.2. The molecule has 1 aromatic heterocycles. The fourth-order valence-electron chi connectivity index (χ4n) is 2.30. The first kappa shape index (κ1) is 14.8. The van der Waals surface area contributed by atoms with Crippen molar-refractivity contribution in [1.82, 2.24) is 25.8 Å². The number of amides is 3. The number of rotatable bonds is 4. The molecule has 0 bridgehead atoms. The minimum atomic E-state index is -0.410. The summed E-state index contributed by atoms with van der Waals surface area (Å²) in [5, 5.41) is 12.1. The van der Waals surface area contributed by atoms with Crippen molar-refractivity contribution in [3.05, 3.63) is 6.33 Å². The van der Waals surface area contributed by atoms with Gasteiger partial charge in [-0.05, 0) is 18.8 Å². The van der Waals surface area contributed by atoms with Gasteiger partial charge in [-0.2, -0.15) is 5.10 Å². The summed E-state index contributed by atoms with van der Waals surface area (Å²) in [6.07, 6.45) is 5.82. The van der Waals surface area contributed by atoms with Crippen LogP contribution in [0.15, 0.2) is 11.5 Å². The molecular formula is C12H19N5O2S. The number of nitrogens with one attached hydrogen (secondary N) is 3. The quantitative estimate of drug-likeness (QED) is 0.727. The van der Waals surface area contributed by atoms with E-state index in [2.05, 4.69) is 32.7 Å². The van der Waals surface area contributed by atoms with Crippen molar-refractivity contribution in [3.63, 3.8) is 0 Å². The van der Waals surface area contributed by atoms with E-state index in [9.17, 15) is 9.59 Å². The first-order chi connectivity index (χ1) is 9.65. The molecule has 0 unspecified atom stereocenters. The summed E-state index contributed by atoms with van der Waals surface area (Å²) in [7, 11) is 0. The van der Waals surface area contributed by atoms with Gasteiger partial charge in [0.25, 0.3) is 0 Å². The van der Waals surface area contributed by atoms with Crippen LogP contribution >= 0.6 is 11.8 Å². The average Bonchev–Trinajstić information content (AvgIpc) is 2.92. The number of aromatic nitrogens is 3. The monoisotopic (exact) mass is 297 g/mol. The van der Waals surface area contributed by atoms with Crippen LogP contribution in [0.5, 0.6) is 0 Å². The van der Waals surface area contributed by atoms with Crippen LogP contribution in [0.4, 0.5) is 4.79 Å². The molecule has 8 heteroatoms. The van der Waals surface area contributed by atoms with Crippen molar-refractivity contribution in [3.8, 4) is 0 Å². The fraction of sp³-hybridized carbons (Fsp3) is 0.667. The lowest BCUT2D eigenvalue weighted by atomic mass is 9.86. The second-order valence-corrected chi connectivity index (χ2v) is 5.93. The molecule has 2 atom stereocenters. The van der Waals surface area contributed by atoms with Gasteiger partial charge in [0.2, 0.25) is 5.91 Å². The van der Waals surface area contributed by atoms with Crippen LogP contribution < -0.4 is 10.6 Å². The number of thioether (sulfide) groups is 1. The molecule has 1 fully saturated rings. The van der Waals surface area contributed by atoms with Crippen LogP contribution in [-0.2, 0) is 4.79 Å². The normalized spacial score (nSPS) is 22.2. The number of hydrogen-bond donors (Lipinski definition) is 3. The van der Waals surface area contributed by atoms with E-state index < -0.39 is 6.03 Å². The molecule has 1 saturated carbocycles. The molecule has 7 nitrogen and oxygen atoms in total. The van der Waals surface area contributed by atoms with Gasteiger partial charge in [0, 0.05) is 6.04 Å². The van der Waals surface area contributed by atoms with Gasteiger partial charge in [0.05, 0.1) is 5.75 Å². The molecule has 0 aliphatic heterocycles. The summed E-state index contributed by atoms with van der Waals surface area (Å²) in [6.45, 7) is 2.13. The topological polar surface area (TPSA) is 99.8 Å². The largest absolute Gasteiger partial charge is 0.335 e. The number of aromatic amines is 1. The molecule has 0 radical (unpaired) electrons. The standard InChI is InChI=1S/C12H19N5O2S/c1-8-4-2-3-5-9(8)15-11(19)16-10(18)6-20-12-13-7-14-17-12/h7-9H,2-6H2,1H3,(H,13,14,17)(H2,15,16,18,19)/t8-,9+/m1/s1. The maximum absolute atomic E-state index is 11.7. The molecule has 20 heavy (non-hydrogen) atoms. The van der Waals surface area contributed by atoms with Crippen molar-refractivity contribution in [2.24, 2.45) is 5.92 Å². The molecule has 1 aromatic rings. The number of carbonyl (C=O) groups is 2. The number of imide groups is 1. The number of hydrogen-bond acceptors (Lipinski definition) is 5. The Labute approximate surface area is 121 Å². The second kappa shape index (κ2) is 7.28. The third kappa shape index (κ3) is 4.52. The van der Waals surface area contributed by atoms with Crippen molar-refractivity contribution in [2.45, 2.75) is 43.8 Å². The van der Waals surface area contributed by atoms with E-state index in [0.717, 1.165) is 19.3 Å². The SMILES string of the molecule is C[C@@H]1CCCC[C@@H]1NC(=O)NC(=O)CSc1ncn[nH]1. The fourth-order valence-corrected chi connectivity index (χ4v) is 2.87. The third-order valence-electron chi connectivity index (χ3n) is 3.41. The van der Waals surface area contributed by atoms with Crippen LogP contribution in [-0.4, -0.2) is 38.9 Å². The summed E-state index contributed by atoms with van der Waals surface area (Å²) in [6, 6.07) is -0.245. The van der Waals surface area contributed by atoms with Crippen LogP contribution in [0.1, 0.15) is 32.6 Å². The highest BCUT2D eigenvalue weighted by Gasteiger charge is 2.23. The molecule has 2 rings (SSSR count). The van der Waals surface area contributed by atoms with Gasteiger partial charge in [0.15, 0.2) is 5.16 Å². The molecule has 1 aliphatic carbocycles. The Morgan fingerprint density at radius 2 is 2.25 bits per heavy atom. The van der Waals surface area contributed by atoms with Crippen molar-refractivity contribution in [2.75, 3.05) is 5.75 Å². The van der Waals surface area contributed by atoms with Gasteiger partial charge in [-0.25, -0.2) is 9.78 Å². The van der Waals surface area contributed by atoms with Gasteiger partial charge in [-0.3, -0.25) is 15.2 Å². The Morgan fingerprint density at radius 1 is 1.45 bits per heavy atom. The highest BCUT2D eigenvalue weighted by molar-refractivity contribution is 7.99. The van der Waals surface area contributed by atoms with Gasteiger partial charge in [-0.15, -0.1) is 0 Å². The van der Waals surface area contributed by atoms with E-state index in [4.69, 9.17) is 0 Å². The predicted molar refractivity (Wildman–Crippen MR) is 75.2 cm³/mol. The van der Waals surface area contributed by atoms with Crippen molar-refractivity contribution in [1.29, 1.82) is 0 Å². The van der Waals surface area contributed by atoms with E-state index >= 15 is 0 Å². The van der Waals surface area contributed by atoms with Gasteiger partial charge < -0.3 is 5.32 Å². The number of H-pyrrole nitrogens is 1. The summed E-state index contributed by atoms with van der Waals surface area (Å²) in [5.41, 5.74) is 0. The zero-order valence-corrected chi connectivity index (χ0v) is 12.2. The van der Waals surface area contributed by atoms with Gasteiger partial charge in [0.1, 0.15) is 6.33 Å². The Morgan fingerprint density at radius 3 is 2.95 bits per heavy atom. The maximum Gasteiger partial charge on any atom is 0.321 e. The lowest BCUT2D eigenvalue weighted by molar-refractivity contribution is -0.117. The summed E-state index contributed by atoms with van der Waals surface area (Å²) in [5.74, 6) is 0.253. The molecule has 0 aromatic carbocycles. The Hall–Kier alpha value is -1.57. The number of urea groups is 1. The smallest absolute Gasteiger partial charge is 0.321 e. The Kier molecular flexibility index (Phi) is 5.40. The zero-order valence-electron chi connectivity index (χ0n) is 11.4. The Bertz CT molecular complexity index is 451. The minimum Gasteiger partial charge on any atom is -0.335 e. The third-order valence-corrected chi connectivity index (χ3v) is 4.29.